The van der Waals surface area contributed by atoms with E-state index in [1.807, 2.05) is 48.7 Å². The van der Waals surface area contributed by atoms with Crippen molar-refractivity contribution < 1.29 is 9.59 Å². The average molecular weight is 432 g/mol. The second-order valence-electron chi connectivity index (χ2n) is 6.00. The molecule has 0 saturated carbocycles. The monoisotopic (exact) mass is 431 g/mol. The third kappa shape index (κ3) is 5.58. The standard InChI is InChI=1S/C20H18ClN3O2S2/c1-12(28-17-9-5-15(21)6-10-17)19(26)24-20-23-18(11-27-20)14-3-7-16(8-4-14)22-13(2)25/h3-12H,1-2H3,(H,22,25)(H,23,24,26). The first-order chi connectivity index (χ1) is 13.4. The quantitative estimate of drug-likeness (QED) is 0.502. The summed E-state index contributed by atoms with van der Waals surface area (Å²) < 4.78 is 0. The van der Waals surface area contributed by atoms with Gasteiger partial charge in [-0.05, 0) is 43.3 Å². The second kappa shape index (κ2) is 9.23. The third-order valence-corrected chi connectivity index (χ3v) is 5.85. The molecule has 0 fully saturated rings. The molecule has 0 aliphatic rings. The zero-order valence-corrected chi connectivity index (χ0v) is 17.6. The summed E-state index contributed by atoms with van der Waals surface area (Å²) in [5.74, 6) is -0.223. The fourth-order valence-electron chi connectivity index (χ4n) is 2.37. The van der Waals surface area contributed by atoms with Crippen LogP contribution in [0.5, 0.6) is 0 Å². The number of hydrogen-bond donors (Lipinski definition) is 2. The molecule has 1 unspecified atom stereocenters. The number of nitrogens with one attached hydrogen (secondary N) is 2. The number of benzene rings is 2. The maximum absolute atomic E-state index is 12.4. The van der Waals surface area contributed by atoms with Crippen LogP contribution < -0.4 is 10.6 Å². The van der Waals surface area contributed by atoms with Gasteiger partial charge in [-0.25, -0.2) is 4.98 Å². The van der Waals surface area contributed by atoms with E-state index in [9.17, 15) is 9.59 Å². The Bertz CT molecular complexity index is 972. The normalized spacial score (nSPS) is 11.7. The van der Waals surface area contributed by atoms with Crippen molar-refractivity contribution in [2.45, 2.75) is 24.0 Å². The van der Waals surface area contributed by atoms with Crippen molar-refractivity contribution in [3.63, 3.8) is 0 Å². The SMILES string of the molecule is CC(=O)Nc1ccc(-c2csc(NC(=O)C(C)Sc3ccc(Cl)cc3)n2)cc1. The maximum Gasteiger partial charge on any atom is 0.239 e. The lowest BCUT2D eigenvalue weighted by atomic mass is 10.1. The maximum atomic E-state index is 12.4. The van der Waals surface area contributed by atoms with Crippen LogP contribution in [0.1, 0.15) is 13.8 Å². The van der Waals surface area contributed by atoms with E-state index in [0.717, 1.165) is 21.8 Å². The third-order valence-electron chi connectivity index (χ3n) is 3.73. The molecule has 28 heavy (non-hydrogen) atoms. The van der Waals surface area contributed by atoms with Crippen LogP contribution in [0.25, 0.3) is 11.3 Å². The van der Waals surface area contributed by atoms with E-state index in [1.165, 1.54) is 30.0 Å². The Morgan fingerprint density at radius 1 is 1.07 bits per heavy atom. The molecule has 0 saturated heterocycles. The lowest BCUT2D eigenvalue weighted by molar-refractivity contribution is -0.115. The molecule has 2 N–H and O–H groups in total. The van der Waals surface area contributed by atoms with Gasteiger partial charge in [0.15, 0.2) is 5.13 Å². The van der Waals surface area contributed by atoms with E-state index in [1.54, 1.807) is 12.1 Å². The highest BCUT2D eigenvalue weighted by Gasteiger charge is 2.16. The summed E-state index contributed by atoms with van der Waals surface area (Å²) in [5.41, 5.74) is 2.41. The van der Waals surface area contributed by atoms with Crippen LogP contribution >= 0.6 is 34.7 Å². The van der Waals surface area contributed by atoms with Gasteiger partial charge in [0, 0.05) is 33.5 Å². The molecule has 8 heteroatoms. The zero-order valence-electron chi connectivity index (χ0n) is 15.2. The van der Waals surface area contributed by atoms with Crippen molar-refractivity contribution in [2.24, 2.45) is 0 Å². The number of carbonyl (C=O) groups excluding carboxylic acids is 2. The van der Waals surface area contributed by atoms with E-state index in [2.05, 4.69) is 15.6 Å². The second-order valence-corrected chi connectivity index (χ2v) is 8.71. The van der Waals surface area contributed by atoms with Crippen LogP contribution in [-0.4, -0.2) is 22.0 Å². The van der Waals surface area contributed by atoms with Gasteiger partial charge >= 0.3 is 0 Å². The molecule has 3 aromatic rings. The van der Waals surface area contributed by atoms with Crippen molar-refractivity contribution >= 4 is 57.3 Å². The number of hydrogen-bond acceptors (Lipinski definition) is 5. The minimum Gasteiger partial charge on any atom is -0.326 e. The van der Waals surface area contributed by atoms with Crippen LogP contribution in [-0.2, 0) is 9.59 Å². The molecule has 0 radical (unpaired) electrons. The molecular weight excluding hydrogens is 414 g/mol. The van der Waals surface area contributed by atoms with Crippen LogP contribution in [0.15, 0.2) is 58.8 Å². The molecule has 0 spiro atoms. The topological polar surface area (TPSA) is 71.1 Å². The predicted octanol–water partition coefficient (Wildman–Crippen LogP) is 5.54. The number of amides is 2. The number of halogens is 1. The molecule has 0 aliphatic carbocycles. The van der Waals surface area contributed by atoms with Gasteiger partial charge in [0.1, 0.15) is 0 Å². The highest BCUT2D eigenvalue weighted by atomic mass is 35.5. The molecule has 2 aromatic carbocycles. The molecule has 144 valence electrons. The van der Waals surface area contributed by atoms with E-state index >= 15 is 0 Å². The Kier molecular flexibility index (Phi) is 6.72. The Hall–Kier alpha value is -2.35. The fourth-order valence-corrected chi connectivity index (χ4v) is 4.09. The number of thiazole rings is 1. The Morgan fingerprint density at radius 2 is 1.75 bits per heavy atom. The summed E-state index contributed by atoms with van der Waals surface area (Å²) in [6.45, 7) is 3.32. The first-order valence-electron chi connectivity index (χ1n) is 8.47. The lowest BCUT2D eigenvalue weighted by Crippen LogP contribution is -2.22. The van der Waals surface area contributed by atoms with Crippen molar-refractivity contribution in [3.05, 3.63) is 58.9 Å². The lowest BCUT2D eigenvalue weighted by Gasteiger charge is -2.10. The van der Waals surface area contributed by atoms with Gasteiger partial charge in [0.25, 0.3) is 0 Å². The molecule has 1 aromatic heterocycles. The Balaban J connectivity index is 1.61. The van der Waals surface area contributed by atoms with Gasteiger partial charge in [0.2, 0.25) is 11.8 Å². The predicted molar refractivity (Wildman–Crippen MR) is 117 cm³/mol. The zero-order chi connectivity index (χ0) is 20.1. The van der Waals surface area contributed by atoms with Gasteiger partial charge in [-0.3, -0.25) is 9.59 Å². The molecular formula is C20H18ClN3O2S2. The molecule has 1 atom stereocenters. The van der Waals surface area contributed by atoms with Gasteiger partial charge in [0.05, 0.1) is 10.9 Å². The number of anilines is 2. The first-order valence-corrected chi connectivity index (χ1v) is 10.6. The number of rotatable bonds is 6. The summed E-state index contributed by atoms with van der Waals surface area (Å²) in [4.78, 5) is 29.0. The van der Waals surface area contributed by atoms with Crippen LogP contribution in [0.4, 0.5) is 10.8 Å². The molecule has 5 nitrogen and oxygen atoms in total. The Labute approximate surface area is 176 Å². The largest absolute Gasteiger partial charge is 0.326 e. The average Bonchev–Trinajstić information content (AvgIpc) is 3.12. The molecule has 3 rings (SSSR count). The smallest absolute Gasteiger partial charge is 0.239 e. The molecule has 0 aliphatic heterocycles. The van der Waals surface area contributed by atoms with E-state index in [4.69, 9.17) is 11.6 Å². The summed E-state index contributed by atoms with van der Waals surface area (Å²) in [6.07, 6.45) is 0. The molecule has 2 amide bonds. The van der Waals surface area contributed by atoms with Gasteiger partial charge in [-0.1, -0.05) is 23.7 Å². The summed E-state index contributed by atoms with van der Waals surface area (Å²) >= 11 is 8.72. The molecule has 1 heterocycles. The van der Waals surface area contributed by atoms with E-state index in [0.29, 0.717) is 10.2 Å². The number of thioether (sulfide) groups is 1. The first kappa shape index (κ1) is 20.4. The van der Waals surface area contributed by atoms with Gasteiger partial charge < -0.3 is 10.6 Å². The van der Waals surface area contributed by atoms with E-state index < -0.39 is 0 Å². The van der Waals surface area contributed by atoms with Gasteiger partial charge in [-0.2, -0.15) is 0 Å². The van der Waals surface area contributed by atoms with Gasteiger partial charge in [-0.15, -0.1) is 23.1 Å². The minimum atomic E-state index is -0.273. The molecule has 0 bridgehead atoms. The van der Waals surface area contributed by atoms with Crippen LogP contribution in [0, 0.1) is 0 Å². The highest BCUT2D eigenvalue weighted by molar-refractivity contribution is 8.00. The van der Waals surface area contributed by atoms with Crippen molar-refractivity contribution in [2.75, 3.05) is 10.6 Å². The van der Waals surface area contributed by atoms with Crippen molar-refractivity contribution in [1.82, 2.24) is 4.98 Å². The summed E-state index contributed by atoms with van der Waals surface area (Å²) in [5, 5.41) is 8.43. The Morgan fingerprint density at radius 3 is 2.39 bits per heavy atom. The minimum absolute atomic E-state index is 0.109. The van der Waals surface area contributed by atoms with Crippen LogP contribution in [0.3, 0.4) is 0 Å². The number of carbonyl (C=O) groups is 2. The number of nitrogens with zero attached hydrogens (tertiary/aromatic N) is 1. The van der Waals surface area contributed by atoms with E-state index in [-0.39, 0.29) is 17.1 Å². The van der Waals surface area contributed by atoms with Crippen molar-refractivity contribution in [1.29, 1.82) is 0 Å². The summed E-state index contributed by atoms with van der Waals surface area (Å²) in [6, 6.07) is 14.8. The fraction of sp³-hybridized carbons (Fsp3) is 0.150. The van der Waals surface area contributed by atoms with Crippen molar-refractivity contribution in [3.8, 4) is 11.3 Å². The number of aromatic nitrogens is 1. The summed E-state index contributed by atoms with van der Waals surface area (Å²) in [7, 11) is 0. The highest BCUT2D eigenvalue weighted by Crippen LogP contribution is 2.28. The van der Waals surface area contributed by atoms with Crippen LogP contribution in [0.2, 0.25) is 5.02 Å².